The van der Waals surface area contributed by atoms with Crippen molar-refractivity contribution >= 4 is 22.3 Å². The number of fused-ring (bicyclic) bond motifs is 1. The van der Waals surface area contributed by atoms with Gasteiger partial charge in [-0.25, -0.2) is 0 Å². The number of nitro groups is 1. The molecule has 0 radical (unpaired) electrons. The van der Waals surface area contributed by atoms with Crippen LogP contribution in [0.25, 0.3) is 21.3 Å². The number of pyridine rings is 1. The number of non-ortho nitro benzene ring substituents is 1. The summed E-state index contributed by atoms with van der Waals surface area (Å²) in [5.41, 5.74) is 8.91. The van der Waals surface area contributed by atoms with Crippen LogP contribution in [0.4, 0.5) is 11.4 Å². The highest BCUT2D eigenvalue weighted by Crippen LogP contribution is 2.31. The van der Waals surface area contributed by atoms with Crippen LogP contribution in [0, 0.1) is 10.1 Å². The van der Waals surface area contributed by atoms with Crippen molar-refractivity contribution in [3.05, 3.63) is 51.0 Å². The van der Waals surface area contributed by atoms with Gasteiger partial charge in [0.15, 0.2) is 0 Å². The molecule has 0 saturated heterocycles. The monoisotopic (exact) mass is 215 g/mol. The second-order valence-corrected chi connectivity index (χ2v) is 2.95. The van der Waals surface area contributed by atoms with Gasteiger partial charge in [0.1, 0.15) is 0 Å². The lowest BCUT2D eigenvalue weighted by atomic mass is 10.1. The molecule has 0 atom stereocenters. The summed E-state index contributed by atoms with van der Waals surface area (Å²) in [6, 6.07) is 5.84. The lowest BCUT2D eigenvalue weighted by Crippen LogP contribution is -1.90. The molecule has 0 N–H and O–H groups in total. The lowest BCUT2D eigenvalue weighted by Gasteiger charge is -2.00. The summed E-state index contributed by atoms with van der Waals surface area (Å²) in [5.74, 6) is 0. The number of nitro benzene ring substituents is 1. The number of benzene rings is 1. The van der Waals surface area contributed by atoms with Gasteiger partial charge in [-0.2, -0.15) is 0 Å². The van der Waals surface area contributed by atoms with Crippen LogP contribution in [0.5, 0.6) is 0 Å². The van der Waals surface area contributed by atoms with Crippen molar-refractivity contribution in [3.63, 3.8) is 0 Å². The molecular weight excluding hydrogens is 210 g/mol. The number of azide groups is 1. The van der Waals surface area contributed by atoms with Crippen LogP contribution in [0.3, 0.4) is 0 Å². The van der Waals surface area contributed by atoms with Crippen LogP contribution in [-0.2, 0) is 0 Å². The number of hydrogen-bond donors (Lipinski definition) is 0. The van der Waals surface area contributed by atoms with E-state index in [-0.39, 0.29) is 11.4 Å². The summed E-state index contributed by atoms with van der Waals surface area (Å²) in [7, 11) is 0. The summed E-state index contributed by atoms with van der Waals surface area (Å²) in [4.78, 5) is 16.9. The maximum absolute atomic E-state index is 10.8. The average Bonchev–Trinajstić information content (AvgIpc) is 2.29. The van der Waals surface area contributed by atoms with Gasteiger partial charge >= 0.3 is 0 Å². The van der Waals surface area contributed by atoms with E-state index in [0.29, 0.717) is 10.9 Å². The maximum atomic E-state index is 10.8. The minimum atomic E-state index is -0.496. The van der Waals surface area contributed by atoms with Crippen molar-refractivity contribution in [2.24, 2.45) is 5.11 Å². The summed E-state index contributed by atoms with van der Waals surface area (Å²) in [6.45, 7) is 0. The third kappa shape index (κ3) is 1.51. The van der Waals surface area contributed by atoms with Crippen molar-refractivity contribution in [2.45, 2.75) is 0 Å². The first kappa shape index (κ1) is 9.88. The number of nitrogens with zero attached hydrogens (tertiary/aromatic N) is 5. The van der Waals surface area contributed by atoms with Gasteiger partial charge in [-0.05, 0) is 23.7 Å². The standard InChI is InChI=1S/C9H5N5O2/c10-13-12-7-3-4-8(14(15)16)6-2-1-5-11-9(6)7/h1-5H. The smallest absolute Gasteiger partial charge is 0.258 e. The molecule has 0 unspecified atom stereocenters. The second kappa shape index (κ2) is 3.84. The summed E-state index contributed by atoms with van der Waals surface area (Å²) >= 11 is 0. The van der Waals surface area contributed by atoms with Gasteiger partial charge in [-0.15, -0.1) is 0 Å². The van der Waals surface area contributed by atoms with Crippen molar-refractivity contribution < 1.29 is 4.92 Å². The zero-order chi connectivity index (χ0) is 11.5. The predicted octanol–water partition coefficient (Wildman–Crippen LogP) is 3.08. The molecule has 0 aliphatic carbocycles. The molecule has 1 aromatic carbocycles. The van der Waals surface area contributed by atoms with Crippen LogP contribution in [0.1, 0.15) is 0 Å². The topological polar surface area (TPSA) is 105 Å². The minimum Gasteiger partial charge on any atom is -0.258 e. The Bertz CT molecular complexity index is 578. The van der Waals surface area contributed by atoms with Crippen LogP contribution in [0.2, 0.25) is 0 Å². The van der Waals surface area contributed by atoms with Crippen molar-refractivity contribution in [3.8, 4) is 0 Å². The second-order valence-electron chi connectivity index (χ2n) is 2.95. The molecule has 78 valence electrons. The molecule has 1 aromatic heterocycles. The largest absolute Gasteiger partial charge is 0.278 e. The molecule has 0 bridgehead atoms. The van der Waals surface area contributed by atoms with E-state index in [1.54, 1.807) is 12.1 Å². The third-order valence-electron chi connectivity index (χ3n) is 2.07. The molecule has 0 amide bonds. The number of aromatic nitrogens is 1. The van der Waals surface area contributed by atoms with E-state index >= 15 is 0 Å². The van der Waals surface area contributed by atoms with E-state index in [2.05, 4.69) is 15.0 Å². The van der Waals surface area contributed by atoms with Crippen LogP contribution in [0.15, 0.2) is 35.6 Å². The van der Waals surface area contributed by atoms with Gasteiger partial charge in [-0.1, -0.05) is 5.11 Å². The highest BCUT2D eigenvalue weighted by atomic mass is 16.6. The Morgan fingerprint density at radius 2 is 2.25 bits per heavy atom. The molecular formula is C9H5N5O2. The molecule has 0 saturated carbocycles. The highest BCUT2D eigenvalue weighted by molar-refractivity contribution is 5.95. The van der Waals surface area contributed by atoms with Crippen LogP contribution in [-0.4, -0.2) is 9.91 Å². The Kier molecular flexibility index (Phi) is 2.37. The first-order chi connectivity index (χ1) is 7.74. The van der Waals surface area contributed by atoms with Gasteiger partial charge in [0.2, 0.25) is 0 Å². The van der Waals surface area contributed by atoms with Gasteiger partial charge in [0.25, 0.3) is 5.69 Å². The van der Waals surface area contributed by atoms with E-state index in [9.17, 15) is 10.1 Å². The van der Waals surface area contributed by atoms with E-state index in [0.717, 1.165) is 0 Å². The van der Waals surface area contributed by atoms with E-state index < -0.39 is 4.92 Å². The molecule has 7 heteroatoms. The van der Waals surface area contributed by atoms with E-state index in [4.69, 9.17) is 5.53 Å². The van der Waals surface area contributed by atoms with Gasteiger partial charge in [0, 0.05) is 17.2 Å². The Morgan fingerprint density at radius 1 is 1.44 bits per heavy atom. The van der Waals surface area contributed by atoms with Crippen molar-refractivity contribution in [1.82, 2.24) is 4.98 Å². The molecule has 2 rings (SSSR count). The fraction of sp³-hybridized carbons (Fsp3) is 0. The summed E-state index contributed by atoms with van der Waals surface area (Å²) < 4.78 is 0. The molecule has 2 aromatic rings. The fourth-order valence-corrected chi connectivity index (χ4v) is 1.43. The quantitative estimate of drug-likeness (QED) is 0.252. The van der Waals surface area contributed by atoms with E-state index in [1.807, 2.05) is 0 Å². The maximum Gasteiger partial charge on any atom is 0.278 e. The zero-order valence-electron chi connectivity index (χ0n) is 7.94. The average molecular weight is 215 g/mol. The predicted molar refractivity (Wildman–Crippen MR) is 57.2 cm³/mol. The van der Waals surface area contributed by atoms with Crippen LogP contribution >= 0.6 is 0 Å². The number of hydrogen-bond acceptors (Lipinski definition) is 4. The first-order valence-electron chi connectivity index (χ1n) is 4.31. The van der Waals surface area contributed by atoms with Gasteiger partial charge in [0.05, 0.1) is 21.5 Å². The first-order valence-corrected chi connectivity index (χ1v) is 4.31. The fourth-order valence-electron chi connectivity index (χ4n) is 1.43. The molecule has 7 nitrogen and oxygen atoms in total. The third-order valence-corrected chi connectivity index (χ3v) is 2.07. The molecule has 16 heavy (non-hydrogen) atoms. The molecule has 1 heterocycles. The Balaban J connectivity index is 2.87. The SMILES string of the molecule is [N-]=[N+]=Nc1ccc([N+](=O)[O-])c2cccnc12. The molecule has 0 aliphatic rings. The highest BCUT2D eigenvalue weighted by Gasteiger charge is 2.13. The van der Waals surface area contributed by atoms with Crippen molar-refractivity contribution in [1.29, 1.82) is 0 Å². The van der Waals surface area contributed by atoms with Gasteiger partial charge in [-0.3, -0.25) is 15.1 Å². The van der Waals surface area contributed by atoms with E-state index in [1.165, 1.54) is 18.3 Å². The molecule has 0 fully saturated rings. The summed E-state index contributed by atoms with van der Waals surface area (Å²) in [6.07, 6.45) is 1.49. The minimum absolute atomic E-state index is 0.0556. The normalized spacial score (nSPS) is 9.75. The Morgan fingerprint density at radius 3 is 2.94 bits per heavy atom. The molecule has 0 aliphatic heterocycles. The van der Waals surface area contributed by atoms with Crippen LogP contribution < -0.4 is 0 Å². The summed E-state index contributed by atoms with van der Waals surface area (Å²) in [5, 5.41) is 14.5. The Labute approximate surface area is 89.1 Å². The zero-order valence-corrected chi connectivity index (χ0v) is 7.94. The molecule has 0 spiro atoms. The lowest BCUT2D eigenvalue weighted by molar-refractivity contribution is -0.383. The Hall–Kier alpha value is -2.66. The number of rotatable bonds is 2. The van der Waals surface area contributed by atoms with Crippen molar-refractivity contribution in [2.75, 3.05) is 0 Å². The van der Waals surface area contributed by atoms with Gasteiger partial charge < -0.3 is 0 Å².